The van der Waals surface area contributed by atoms with Crippen LogP contribution in [0.4, 0.5) is 4.79 Å². The Bertz CT molecular complexity index is 363. The van der Waals surface area contributed by atoms with Gasteiger partial charge in [-0.15, -0.1) is 0 Å². The van der Waals surface area contributed by atoms with E-state index in [4.69, 9.17) is 10.5 Å². The number of nitrogens with zero attached hydrogens (tertiary/aromatic N) is 2. The van der Waals surface area contributed by atoms with Crippen molar-refractivity contribution in [1.82, 2.24) is 9.80 Å². The minimum Gasteiger partial charge on any atom is -0.480 e. The van der Waals surface area contributed by atoms with Gasteiger partial charge in [0.05, 0.1) is 6.10 Å². The molecule has 3 N–H and O–H groups in total. The van der Waals surface area contributed by atoms with Crippen LogP contribution in [-0.4, -0.2) is 71.8 Å². The molecule has 0 bridgehead atoms. The van der Waals surface area contributed by atoms with Gasteiger partial charge in [0.2, 0.25) is 0 Å². The largest absolute Gasteiger partial charge is 0.480 e. The first-order chi connectivity index (χ1) is 9.02. The van der Waals surface area contributed by atoms with Gasteiger partial charge in [0, 0.05) is 39.2 Å². The SMILES string of the molecule is COC1CC(C(=O)O)N(C(=O)N2CCCC(N)C2)C1. The normalized spacial score (nSPS) is 31.6. The second kappa shape index (κ2) is 5.75. The molecule has 0 aromatic rings. The second-order valence-electron chi connectivity index (χ2n) is 5.23. The van der Waals surface area contributed by atoms with E-state index in [9.17, 15) is 14.7 Å². The van der Waals surface area contributed by atoms with Crippen LogP contribution in [0.5, 0.6) is 0 Å². The van der Waals surface area contributed by atoms with Crippen molar-refractivity contribution in [3.8, 4) is 0 Å². The zero-order chi connectivity index (χ0) is 14.0. The minimum absolute atomic E-state index is 0.0122. The standard InChI is InChI=1S/C12H21N3O4/c1-19-9-5-10(11(16)17)15(7-9)12(18)14-4-2-3-8(13)6-14/h8-10H,2-7,13H2,1H3,(H,16,17). The Hall–Kier alpha value is -1.34. The number of carbonyl (C=O) groups is 2. The Morgan fingerprint density at radius 1 is 1.37 bits per heavy atom. The maximum atomic E-state index is 12.4. The molecule has 0 aliphatic carbocycles. The predicted octanol–water partition coefficient (Wildman–Crippen LogP) is -0.297. The molecule has 3 unspecified atom stereocenters. The smallest absolute Gasteiger partial charge is 0.326 e. The van der Waals surface area contributed by atoms with Crippen LogP contribution < -0.4 is 5.73 Å². The van der Waals surface area contributed by atoms with Crippen LogP contribution in [0.2, 0.25) is 0 Å². The molecule has 0 radical (unpaired) electrons. The fraction of sp³-hybridized carbons (Fsp3) is 0.833. The lowest BCUT2D eigenvalue weighted by atomic mass is 10.1. The molecule has 19 heavy (non-hydrogen) atoms. The van der Waals surface area contributed by atoms with Gasteiger partial charge < -0.3 is 25.4 Å². The number of carboxylic acids is 1. The van der Waals surface area contributed by atoms with Crippen LogP contribution in [0, 0.1) is 0 Å². The highest BCUT2D eigenvalue weighted by Crippen LogP contribution is 2.23. The Labute approximate surface area is 112 Å². The Kier molecular flexibility index (Phi) is 4.26. The number of carbonyl (C=O) groups excluding carboxylic acids is 1. The molecule has 2 rings (SSSR count). The molecule has 0 saturated carbocycles. The Balaban J connectivity index is 2.05. The number of hydrogen-bond acceptors (Lipinski definition) is 4. The molecule has 3 atom stereocenters. The summed E-state index contributed by atoms with van der Waals surface area (Å²) in [6.45, 7) is 1.48. The first kappa shape index (κ1) is 14.1. The molecule has 0 aromatic heterocycles. The third kappa shape index (κ3) is 2.98. The molecule has 0 spiro atoms. The Morgan fingerprint density at radius 2 is 2.11 bits per heavy atom. The van der Waals surface area contributed by atoms with Gasteiger partial charge in [-0.2, -0.15) is 0 Å². The molecule has 2 aliphatic rings. The number of amides is 2. The molecule has 2 saturated heterocycles. The average Bonchev–Trinajstić information content (AvgIpc) is 2.82. The Morgan fingerprint density at radius 3 is 2.68 bits per heavy atom. The van der Waals surface area contributed by atoms with Crippen molar-refractivity contribution in [2.24, 2.45) is 5.73 Å². The average molecular weight is 271 g/mol. The number of carboxylic acid groups (broad SMARTS) is 1. The summed E-state index contributed by atoms with van der Waals surface area (Å²) in [5.74, 6) is -0.978. The number of rotatable bonds is 2. The van der Waals surface area contributed by atoms with E-state index in [0.29, 0.717) is 26.1 Å². The molecule has 2 fully saturated rings. The molecular weight excluding hydrogens is 250 g/mol. The van der Waals surface area contributed by atoms with E-state index in [1.165, 1.54) is 12.0 Å². The zero-order valence-electron chi connectivity index (χ0n) is 11.1. The van der Waals surface area contributed by atoms with Crippen LogP contribution in [0.3, 0.4) is 0 Å². The number of nitrogens with two attached hydrogens (primary N) is 1. The molecule has 2 heterocycles. The number of likely N-dealkylation sites (tertiary alicyclic amines) is 2. The number of methoxy groups -OCH3 is 1. The lowest BCUT2D eigenvalue weighted by Gasteiger charge is -2.35. The molecule has 2 aliphatic heterocycles. The minimum atomic E-state index is -0.978. The first-order valence-electron chi connectivity index (χ1n) is 6.59. The molecule has 0 aromatic carbocycles. The molecule has 2 amide bonds. The van der Waals surface area contributed by atoms with E-state index in [1.54, 1.807) is 4.90 Å². The number of hydrogen-bond donors (Lipinski definition) is 2. The summed E-state index contributed by atoms with van der Waals surface area (Å²) in [5.41, 5.74) is 5.86. The highest BCUT2D eigenvalue weighted by molar-refractivity contribution is 5.83. The van der Waals surface area contributed by atoms with E-state index >= 15 is 0 Å². The van der Waals surface area contributed by atoms with Gasteiger partial charge in [-0.05, 0) is 12.8 Å². The van der Waals surface area contributed by atoms with Crippen LogP contribution in [0.25, 0.3) is 0 Å². The summed E-state index contributed by atoms with van der Waals surface area (Å²) in [6.07, 6.45) is 1.92. The van der Waals surface area contributed by atoms with Crippen LogP contribution in [0.1, 0.15) is 19.3 Å². The van der Waals surface area contributed by atoms with Crippen molar-refractivity contribution < 1.29 is 19.4 Å². The highest BCUT2D eigenvalue weighted by atomic mass is 16.5. The van der Waals surface area contributed by atoms with Gasteiger partial charge in [0.25, 0.3) is 0 Å². The van der Waals surface area contributed by atoms with Gasteiger partial charge in [0.15, 0.2) is 0 Å². The molecule has 7 heteroatoms. The maximum absolute atomic E-state index is 12.4. The summed E-state index contributed by atoms with van der Waals surface area (Å²) in [4.78, 5) is 26.7. The van der Waals surface area contributed by atoms with Crippen LogP contribution >= 0.6 is 0 Å². The van der Waals surface area contributed by atoms with Crippen molar-refractivity contribution >= 4 is 12.0 Å². The highest BCUT2D eigenvalue weighted by Gasteiger charge is 2.41. The van der Waals surface area contributed by atoms with Crippen molar-refractivity contribution in [2.75, 3.05) is 26.7 Å². The van der Waals surface area contributed by atoms with Crippen molar-refractivity contribution in [2.45, 2.75) is 37.5 Å². The van der Waals surface area contributed by atoms with Gasteiger partial charge in [0.1, 0.15) is 6.04 Å². The van der Waals surface area contributed by atoms with Crippen LogP contribution in [-0.2, 0) is 9.53 Å². The van der Waals surface area contributed by atoms with E-state index in [-0.39, 0.29) is 18.2 Å². The molecule has 108 valence electrons. The number of urea groups is 1. The summed E-state index contributed by atoms with van der Waals surface area (Å²) in [6, 6.07) is -1.04. The predicted molar refractivity (Wildman–Crippen MR) is 67.7 cm³/mol. The lowest BCUT2D eigenvalue weighted by Crippen LogP contribution is -2.53. The summed E-state index contributed by atoms with van der Waals surface area (Å²) < 4.78 is 5.18. The maximum Gasteiger partial charge on any atom is 0.326 e. The van der Waals surface area contributed by atoms with E-state index in [1.807, 2.05) is 0 Å². The number of ether oxygens (including phenoxy) is 1. The van der Waals surface area contributed by atoms with Crippen LogP contribution in [0.15, 0.2) is 0 Å². The number of aliphatic carboxylic acids is 1. The van der Waals surface area contributed by atoms with Crippen molar-refractivity contribution in [3.63, 3.8) is 0 Å². The third-order valence-electron chi connectivity index (χ3n) is 3.86. The van der Waals surface area contributed by atoms with Gasteiger partial charge in [-0.1, -0.05) is 0 Å². The topological polar surface area (TPSA) is 96.1 Å². The van der Waals surface area contributed by atoms with Gasteiger partial charge in [-0.3, -0.25) is 0 Å². The van der Waals surface area contributed by atoms with Gasteiger partial charge in [-0.25, -0.2) is 9.59 Å². The van der Waals surface area contributed by atoms with E-state index < -0.39 is 12.0 Å². The van der Waals surface area contributed by atoms with Gasteiger partial charge >= 0.3 is 12.0 Å². The summed E-state index contributed by atoms with van der Waals surface area (Å²) >= 11 is 0. The molecular formula is C12H21N3O4. The van der Waals surface area contributed by atoms with E-state index in [2.05, 4.69) is 0 Å². The molecule has 7 nitrogen and oxygen atoms in total. The zero-order valence-corrected chi connectivity index (χ0v) is 11.1. The van der Waals surface area contributed by atoms with Crippen molar-refractivity contribution in [1.29, 1.82) is 0 Å². The first-order valence-corrected chi connectivity index (χ1v) is 6.59. The monoisotopic (exact) mass is 271 g/mol. The second-order valence-corrected chi connectivity index (χ2v) is 5.23. The summed E-state index contributed by atoms with van der Waals surface area (Å²) in [5, 5.41) is 9.20. The fourth-order valence-corrected chi connectivity index (χ4v) is 2.78. The van der Waals surface area contributed by atoms with Crippen molar-refractivity contribution in [3.05, 3.63) is 0 Å². The summed E-state index contributed by atoms with van der Waals surface area (Å²) in [7, 11) is 1.54. The number of piperidine rings is 1. The van der Waals surface area contributed by atoms with E-state index in [0.717, 1.165) is 12.8 Å². The fourth-order valence-electron chi connectivity index (χ4n) is 2.78. The lowest BCUT2D eigenvalue weighted by molar-refractivity contribution is -0.141. The third-order valence-corrected chi connectivity index (χ3v) is 3.86. The quantitative estimate of drug-likeness (QED) is 0.719.